The molecule has 0 fully saturated rings. The van der Waals surface area contributed by atoms with Gasteiger partial charge in [-0.25, -0.2) is 4.18 Å². The molecule has 0 bridgehead atoms. The molecule has 0 spiro atoms. The highest BCUT2D eigenvalue weighted by Crippen LogP contribution is 2.03. The van der Waals surface area contributed by atoms with Gasteiger partial charge in [-0.15, -0.1) is 0 Å². The van der Waals surface area contributed by atoms with Gasteiger partial charge in [0.15, 0.2) is 0 Å². The summed E-state index contributed by atoms with van der Waals surface area (Å²) < 4.78 is 48.7. The fraction of sp³-hybridized carbons (Fsp3) is 0.917. The first-order valence-corrected chi connectivity index (χ1v) is 8.18. The van der Waals surface area contributed by atoms with Crippen LogP contribution in [-0.2, 0) is 33.6 Å². The molecule has 0 amide bonds. The van der Waals surface area contributed by atoms with Gasteiger partial charge in [0.05, 0.1) is 32.3 Å². The van der Waals surface area contributed by atoms with Crippen LogP contribution in [0.15, 0.2) is 0 Å². The Morgan fingerprint density at radius 3 is 2.24 bits per heavy atom. The molecule has 0 aromatic carbocycles. The second-order valence-electron chi connectivity index (χ2n) is 4.34. The van der Waals surface area contributed by atoms with Gasteiger partial charge in [-0.05, 0) is 13.3 Å². The summed E-state index contributed by atoms with van der Waals surface area (Å²) in [7, 11) is -4.56. The van der Waals surface area contributed by atoms with Crippen molar-refractivity contribution in [2.24, 2.45) is 0 Å². The Labute approximate surface area is 125 Å². The van der Waals surface area contributed by atoms with E-state index in [0.717, 1.165) is 12.8 Å². The minimum atomic E-state index is -4.56. The van der Waals surface area contributed by atoms with E-state index in [1.54, 1.807) is 0 Å². The van der Waals surface area contributed by atoms with Gasteiger partial charge in [0.1, 0.15) is 6.61 Å². The van der Waals surface area contributed by atoms with E-state index in [4.69, 9.17) is 18.8 Å². The number of ether oxygens (including phenoxy) is 3. The van der Waals surface area contributed by atoms with Crippen LogP contribution in [0.5, 0.6) is 0 Å². The Morgan fingerprint density at radius 1 is 1.10 bits per heavy atom. The smallest absolute Gasteiger partial charge is 0.397 e. The number of carbonyl (C=O) groups is 1. The Morgan fingerprint density at radius 2 is 1.67 bits per heavy atom. The molecule has 126 valence electrons. The standard InChI is InChI=1S/C12H24O8S/c1-3-4-5-17-6-7-18-8-9-19-12(13)10-11(2)20-21(14,15)16/h11H,3-10H2,1-2H3,(H,14,15,16). The minimum absolute atomic E-state index is 0.0619. The molecule has 1 unspecified atom stereocenters. The lowest BCUT2D eigenvalue weighted by molar-refractivity contribution is -0.146. The van der Waals surface area contributed by atoms with E-state index in [1.165, 1.54) is 6.92 Å². The van der Waals surface area contributed by atoms with Gasteiger partial charge in [-0.1, -0.05) is 13.3 Å². The van der Waals surface area contributed by atoms with E-state index in [9.17, 15) is 13.2 Å². The normalized spacial score (nSPS) is 13.1. The van der Waals surface area contributed by atoms with Crippen molar-refractivity contribution < 1.29 is 36.2 Å². The van der Waals surface area contributed by atoms with Crippen molar-refractivity contribution in [3.63, 3.8) is 0 Å². The van der Waals surface area contributed by atoms with Crippen molar-refractivity contribution in [3.8, 4) is 0 Å². The molecule has 9 heteroatoms. The monoisotopic (exact) mass is 328 g/mol. The van der Waals surface area contributed by atoms with E-state index in [1.807, 2.05) is 0 Å². The molecule has 0 heterocycles. The first kappa shape index (κ1) is 20.3. The molecule has 0 aliphatic carbocycles. The Bertz CT molecular complexity index is 367. The fourth-order valence-electron chi connectivity index (χ4n) is 1.32. The van der Waals surface area contributed by atoms with Crippen LogP contribution in [0.25, 0.3) is 0 Å². The van der Waals surface area contributed by atoms with Gasteiger partial charge < -0.3 is 14.2 Å². The van der Waals surface area contributed by atoms with Crippen molar-refractivity contribution in [2.45, 2.75) is 39.2 Å². The van der Waals surface area contributed by atoms with Gasteiger partial charge in [-0.2, -0.15) is 8.42 Å². The zero-order valence-electron chi connectivity index (χ0n) is 12.4. The SMILES string of the molecule is CCCCOCCOCCOC(=O)CC(C)OS(=O)(=O)O. The summed E-state index contributed by atoms with van der Waals surface area (Å²) in [4.78, 5) is 11.3. The maximum atomic E-state index is 11.3. The van der Waals surface area contributed by atoms with Gasteiger partial charge in [-0.3, -0.25) is 9.35 Å². The maximum absolute atomic E-state index is 11.3. The molecular formula is C12H24O8S. The van der Waals surface area contributed by atoms with Crippen molar-refractivity contribution >= 4 is 16.4 Å². The van der Waals surface area contributed by atoms with Crippen LogP contribution in [0.3, 0.4) is 0 Å². The van der Waals surface area contributed by atoms with Crippen molar-refractivity contribution in [2.75, 3.05) is 33.0 Å². The Kier molecular flexibility index (Phi) is 11.5. The molecule has 1 atom stereocenters. The van der Waals surface area contributed by atoms with Crippen molar-refractivity contribution in [1.29, 1.82) is 0 Å². The van der Waals surface area contributed by atoms with Gasteiger partial charge >= 0.3 is 16.4 Å². The highest BCUT2D eigenvalue weighted by molar-refractivity contribution is 7.80. The van der Waals surface area contributed by atoms with Crippen LogP contribution in [-0.4, -0.2) is 58.1 Å². The summed E-state index contributed by atoms with van der Waals surface area (Å²) in [5.74, 6) is -0.631. The summed E-state index contributed by atoms with van der Waals surface area (Å²) in [6.07, 6.45) is 0.832. The molecule has 0 saturated heterocycles. The number of rotatable bonds is 13. The molecule has 0 aromatic heterocycles. The Balaban J connectivity index is 3.46. The second-order valence-corrected chi connectivity index (χ2v) is 5.39. The second kappa shape index (κ2) is 11.9. The number of hydrogen-bond donors (Lipinski definition) is 1. The van der Waals surface area contributed by atoms with Crippen LogP contribution >= 0.6 is 0 Å². The van der Waals surface area contributed by atoms with Gasteiger partial charge in [0.2, 0.25) is 0 Å². The lowest BCUT2D eigenvalue weighted by atomic mass is 10.3. The van der Waals surface area contributed by atoms with Crippen molar-refractivity contribution in [3.05, 3.63) is 0 Å². The molecule has 1 N–H and O–H groups in total. The van der Waals surface area contributed by atoms with Crippen LogP contribution in [0.2, 0.25) is 0 Å². The molecule has 0 aromatic rings. The third kappa shape index (κ3) is 15.5. The molecule has 0 saturated carbocycles. The molecule has 0 rings (SSSR count). The number of esters is 1. The van der Waals surface area contributed by atoms with Crippen LogP contribution in [0.4, 0.5) is 0 Å². The third-order valence-corrected chi connectivity index (χ3v) is 2.82. The summed E-state index contributed by atoms with van der Waals surface area (Å²) in [6, 6.07) is 0. The third-order valence-electron chi connectivity index (χ3n) is 2.24. The molecule has 0 aliphatic heterocycles. The zero-order chi connectivity index (χ0) is 16.1. The molecule has 0 aliphatic rings. The maximum Gasteiger partial charge on any atom is 0.397 e. The molecule has 8 nitrogen and oxygen atoms in total. The van der Waals surface area contributed by atoms with Crippen LogP contribution < -0.4 is 0 Å². The first-order chi connectivity index (χ1) is 9.85. The Hall–Kier alpha value is -0.740. The summed E-state index contributed by atoms with van der Waals surface area (Å²) in [5.41, 5.74) is 0. The molecule has 0 radical (unpaired) electrons. The summed E-state index contributed by atoms with van der Waals surface area (Å²) in [5, 5.41) is 0. The largest absolute Gasteiger partial charge is 0.463 e. The average molecular weight is 328 g/mol. The quantitative estimate of drug-likeness (QED) is 0.302. The van der Waals surface area contributed by atoms with E-state index >= 15 is 0 Å². The number of unbranched alkanes of at least 4 members (excludes halogenated alkanes) is 1. The van der Waals surface area contributed by atoms with Crippen LogP contribution in [0.1, 0.15) is 33.1 Å². The highest BCUT2D eigenvalue weighted by atomic mass is 32.3. The lowest BCUT2D eigenvalue weighted by Gasteiger charge is -2.10. The fourth-order valence-corrected chi connectivity index (χ4v) is 1.80. The van der Waals surface area contributed by atoms with Crippen LogP contribution in [0, 0.1) is 0 Å². The molecule has 21 heavy (non-hydrogen) atoms. The predicted octanol–water partition coefficient (Wildman–Crippen LogP) is 0.961. The van der Waals surface area contributed by atoms with Gasteiger partial charge in [0, 0.05) is 6.61 Å². The zero-order valence-corrected chi connectivity index (χ0v) is 13.3. The number of carbonyl (C=O) groups excluding carboxylic acids is 1. The van der Waals surface area contributed by atoms with E-state index in [2.05, 4.69) is 11.1 Å². The lowest BCUT2D eigenvalue weighted by Crippen LogP contribution is -2.21. The van der Waals surface area contributed by atoms with Gasteiger partial charge in [0.25, 0.3) is 0 Å². The minimum Gasteiger partial charge on any atom is -0.463 e. The van der Waals surface area contributed by atoms with E-state index in [0.29, 0.717) is 19.8 Å². The highest BCUT2D eigenvalue weighted by Gasteiger charge is 2.16. The van der Waals surface area contributed by atoms with E-state index < -0.39 is 22.5 Å². The van der Waals surface area contributed by atoms with Crippen molar-refractivity contribution in [1.82, 2.24) is 0 Å². The topological polar surface area (TPSA) is 108 Å². The predicted molar refractivity (Wildman–Crippen MR) is 74.2 cm³/mol. The van der Waals surface area contributed by atoms with E-state index in [-0.39, 0.29) is 19.6 Å². The summed E-state index contributed by atoms with van der Waals surface area (Å²) >= 11 is 0. The average Bonchev–Trinajstić information content (AvgIpc) is 2.34. The summed E-state index contributed by atoms with van der Waals surface area (Å²) in [6.45, 7) is 5.33. The number of hydrogen-bond acceptors (Lipinski definition) is 7. The first-order valence-electron chi connectivity index (χ1n) is 6.82. The molecular weight excluding hydrogens is 304 g/mol.